The molecule has 1 unspecified atom stereocenters. The summed E-state index contributed by atoms with van der Waals surface area (Å²) in [7, 11) is 1.79. The summed E-state index contributed by atoms with van der Waals surface area (Å²) < 4.78 is 15.4. The van der Waals surface area contributed by atoms with E-state index in [1.54, 1.807) is 17.9 Å². The van der Waals surface area contributed by atoms with Gasteiger partial charge in [-0.15, -0.1) is 0 Å². The van der Waals surface area contributed by atoms with Crippen LogP contribution in [0.5, 0.6) is 0 Å². The topological polar surface area (TPSA) is 79.8 Å². The number of benzene rings is 2. The fraction of sp³-hybridized carbons (Fsp3) is 0.0952. The molecule has 0 fully saturated rings. The number of fused-ring (bicyclic) bond motifs is 1. The van der Waals surface area contributed by atoms with Crippen molar-refractivity contribution in [2.45, 2.75) is 6.04 Å². The maximum absolute atomic E-state index is 13.7. The molecule has 0 saturated carbocycles. The van der Waals surface area contributed by atoms with Gasteiger partial charge in [-0.05, 0) is 23.8 Å². The molecular formula is C21H17FN4O2. The Kier molecular flexibility index (Phi) is 4.49. The molecule has 4 rings (SSSR count). The lowest BCUT2D eigenvalue weighted by atomic mass is 10.0. The van der Waals surface area contributed by atoms with E-state index in [1.807, 2.05) is 36.5 Å². The summed E-state index contributed by atoms with van der Waals surface area (Å²) in [6, 6.07) is 14.1. The predicted octanol–water partition coefficient (Wildman–Crippen LogP) is 2.92. The van der Waals surface area contributed by atoms with Crippen molar-refractivity contribution in [2.75, 3.05) is 0 Å². The van der Waals surface area contributed by atoms with Gasteiger partial charge in [0.15, 0.2) is 0 Å². The van der Waals surface area contributed by atoms with Crippen molar-refractivity contribution in [3.8, 4) is 0 Å². The lowest BCUT2D eigenvalue weighted by Gasteiger charge is -2.18. The van der Waals surface area contributed by atoms with Crippen LogP contribution < -0.4 is 10.9 Å². The fourth-order valence-corrected chi connectivity index (χ4v) is 3.22. The summed E-state index contributed by atoms with van der Waals surface area (Å²) in [6.45, 7) is 0. The van der Waals surface area contributed by atoms with E-state index in [1.165, 1.54) is 24.3 Å². The minimum absolute atomic E-state index is 0.114. The molecule has 0 spiro atoms. The molecule has 2 aromatic carbocycles. The molecule has 2 N–H and O–H groups in total. The van der Waals surface area contributed by atoms with Crippen LogP contribution in [0.4, 0.5) is 4.39 Å². The molecule has 1 atom stereocenters. The number of aromatic nitrogens is 3. The van der Waals surface area contributed by atoms with Crippen LogP contribution in [0.15, 0.2) is 71.8 Å². The fourth-order valence-electron chi connectivity index (χ4n) is 3.22. The van der Waals surface area contributed by atoms with E-state index in [4.69, 9.17) is 0 Å². The third-order valence-electron chi connectivity index (χ3n) is 4.52. The Morgan fingerprint density at radius 2 is 1.93 bits per heavy atom. The van der Waals surface area contributed by atoms with Crippen LogP contribution in [0.25, 0.3) is 10.9 Å². The number of nitrogens with one attached hydrogen (secondary N) is 2. The number of pyridine rings is 1. The largest absolute Gasteiger partial charge is 0.341 e. The average molecular weight is 376 g/mol. The van der Waals surface area contributed by atoms with Crippen LogP contribution in [0.3, 0.4) is 0 Å². The van der Waals surface area contributed by atoms with Gasteiger partial charge in [-0.2, -0.15) is 5.10 Å². The van der Waals surface area contributed by atoms with Crippen molar-refractivity contribution < 1.29 is 9.18 Å². The van der Waals surface area contributed by atoms with E-state index in [9.17, 15) is 14.0 Å². The van der Waals surface area contributed by atoms with Gasteiger partial charge in [0.2, 0.25) is 5.56 Å². The summed E-state index contributed by atoms with van der Waals surface area (Å²) in [5.41, 5.74) is 1.74. The second kappa shape index (κ2) is 7.11. The third-order valence-corrected chi connectivity index (χ3v) is 4.52. The zero-order chi connectivity index (χ0) is 19.7. The second-order valence-corrected chi connectivity index (χ2v) is 6.50. The quantitative estimate of drug-likeness (QED) is 0.575. The molecule has 6 nitrogen and oxygen atoms in total. The summed E-state index contributed by atoms with van der Waals surface area (Å²) in [5, 5.41) is 7.47. The van der Waals surface area contributed by atoms with E-state index < -0.39 is 23.3 Å². The number of halogens is 1. The van der Waals surface area contributed by atoms with Gasteiger partial charge in [0.1, 0.15) is 5.82 Å². The van der Waals surface area contributed by atoms with Gasteiger partial charge in [0.05, 0.1) is 17.8 Å². The molecule has 2 heterocycles. The summed E-state index contributed by atoms with van der Waals surface area (Å²) >= 11 is 0. The van der Waals surface area contributed by atoms with Crippen molar-refractivity contribution >= 4 is 16.8 Å². The van der Waals surface area contributed by atoms with Gasteiger partial charge in [0.25, 0.3) is 5.91 Å². The standard InChI is InChI=1S/C21H17FN4O2/c1-26-12-14(11-23-26)20(13-5-3-2-4-6-13)25-21(28)17-10-19(27)24-18-8-7-15(22)9-16(17)18/h2-12,20H,1H3,(H,24,27)(H,25,28). The molecule has 0 aliphatic heterocycles. The number of H-pyrrole nitrogens is 1. The first-order valence-corrected chi connectivity index (χ1v) is 8.68. The molecule has 0 radical (unpaired) electrons. The summed E-state index contributed by atoms with van der Waals surface area (Å²) in [4.78, 5) is 27.7. The van der Waals surface area contributed by atoms with Crippen molar-refractivity contribution in [3.63, 3.8) is 0 Å². The van der Waals surface area contributed by atoms with E-state index in [-0.39, 0.29) is 5.56 Å². The first-order chi connectivity index (χ1) is 13.5. The Hall–Kier alpha value is -3.74. The molecule has 140 valence electrons. The van der Waals surface area contributed by atoms with Crippen LogP contribution >= 0.6 is 0 Å². The van der Waals surface area contributed by atoms with Crippen molar-refractivity contribution in [1.29, 1.82) is 0 Å². The number of amides is 1. The number of carbonyl (C=O) groups is 1. The maximum atomic E-state index is 13.7. The van der Waals surface area contributed by atoms with Gasteiger partial charge < -0.3 is 10.3 Å². The smallest absolute Gasteiger partial charge is 0.252 e. The SMILES string of the molecule is Cn1cc(C(NC(=O)c2cc(=O)[nH]c3ccc(F)cc23)c2ccccc2)cn1. The molecule has 28 heavy (non-hydrogen) atoms. The molecule has 4 aromatic rings. The van der Waals surface area contributed by atoms with Crippen molar-refractivity contribution in [2.24, 2.45) is 7.05 Å². The van der Waals surface area contributed by atoms with Crippen LogP contribution in [0.2, 0.25) is 0 Å². The highest BCUT2D eigenvalue weighted by molar-refractivity contribution is 6.06. The van der Waals surface area contributed by atoms with Gasteiger partial charge in [-0.3, -0.25) is 14.3 Å². The van der Waals surface area contributed by atoms with E-state index in [0.29, 0.717) is 10.9 Å². The Labute approximate surface area is 159 Å². The minimum Gasteiger partial charge on any atom is -0.341 e. The van der Waals surface area contributed by atoms with Gasteiger partial charge >= 0.3 is 0 Å². The first-order valence-electron chi connectivity index (χ1n) is 8.68. The summed E-state index contributed by atoms with van der Waals surface area (Å²) in [5.74, 6) is -0.958. The number of nitrogens with zero attached hydrogens (tertiary/aromatic N) is 2. The van der Waals surface area contributed by atoms with Crippen molar-refractivity contribution in [3.05, 3.63) is 99.9 Å². The highest BCUT2D eigenvalue weighted by Gasteiger charge is 2.21. The monoisotopic (exact) mass is 376 g/mol. The van der Waals surface area contributed by atoms with Gasteiger partial charge in [-0.1, -0.05) is 30.3 Å². The van der Waals surface area contributed by atoms with E-state index in [0.717, 1.165) is 11.1 Å². The number of carbonyl (C=O) groups excluding carboxylic acids is 1. The van der Waals surface area contributed by atoms with E-state index >= 15 is 0 Å². The van der Waals surface area contributed by atoms with Crippen LogP contribution in [-0.2, 0) is 7.05 Å². The Balaban J connectivity index is 1.78. The van der Waals surface area contributed by atoms with Gasteiger partial charge in [-0.25, -0.2) is 4.39 Å². The van der Waals surface area contributed by atoms with Crippen LogP contribution in [0, 0.1) is 5.82 Å². The molecule has 0 aliphatic rings. The zero-order valence-electron chi connectivity index (χ0n) is 15.0. The van der Waals surface area contributed by atoms with Gasteiger partial charge in [0, 0.05) is 35.8 Å². The number of aromatic amines is 1. The molecule has 7 heteroatoms. The Morgan fingerprint density at radius 1 is 1.14 bits per heavy atom. The molecule has 0 saturated heterocycles. The highest BCUT2D eigenvalue weighted by atomic mass is 19.1. The molecule has 2 aromatic heterocycles. The second-order valence-electron chi connectivity index (χ2n) is 6.50. The Morgan fingerprint density at radius 3 is 2.64 bits per heavy atom. The lowest BCUT2D eigenvalue weighted by Crippen LogP contribution is -2.30. The minimum atomic E-state index is -0.486. The third kappa shape index (κ3) is 3.42. The predicted molar refractivity (Wildman–Crippen MR) is 103 cm³/mol. The molecule has 0 bridgehead atoms. The number of hydrogen-bond donors (Lipinski definition) is 2. The molecule has 0 aliphatic carbocycles. The van der Waals surface area contributed by atoms with E-state index in [2.05, 4.69) is 15.4 Å². The van der Waals surface area contributed by atoms with Crippen LogP contribution in [-0.4, -0.2) is 20.7 Å². The number of hydrogen-bond acceptors (Lipinski definition) is 3. The number of rotatable bonds is 4. The van der Waals surface area contributed by atoms with Crippen LogP contribution in [0.1, 0.15) is 27.5 Å². The number of aryl methyl sites for hydroxylation is 1. The lowest BCUT2D eigenvalue weighted by molar-refractivity contribution is 0.0944. The average Bonchev–Trinajstić information content (AvgIpc) is 3.12. The maximum Gasteiger partial charge on any atom is 0.252 e. The zero-order valence-corrected chi connectivity index (χ0v) is 15.0. The summed E-state index contributed by atoms with van der Waals surface area (Å²) in [6.07, 6.45) is 3.49. The van der Waals surface area contributed by atoms with Crippen molar-refractivity contribution in [1.82, 2.24) is 20.1 Å². The molecule has 1 amide bonds. The highest BCUT2D eigenvalue weighted by Crippen LogP contribution is 2.23. The normalized spacial score (nSPS) is 12.1. The molecular weight excluding hydrogens is 359 g/mol. The Bertz CT molecular complexity index is 1210. The first kappa shape index (κ1) is 17.7.